The molecule has 0 spiro atoms. The fourth-order valence-corrected chi connectivity index (χ4v) is 4.24. The quantitative estimate of drug-likeness (QED) is 0.548. The van der Waals surface area contributed by atoms with Gasteiger partial charge in [0, 0.05) is 19.3 Å². The van der Waals surface area contributed by atoms with Crippen LogP contribution in [0.5, 0.6) is 0 Å². The number of benzene rings is 1. The molecule has 0 bridgehead atoms. The third-order valence-corrected chi connectivity index (χ3v) is 6.06. The minimum absolute atomic E-state index is 0.316. The molecule has 1 saturated heterocycles. The molecule has 9 nitrogen and oxygen atoms in total. The van der Waals surface area contributed by atoms with Crippen LogP contribution in [0.2, 0.25) is 0 Å². The largest absolute Gasteiger partial charge is 0.444 e. The van der Waals surface area contributed by atoms with Gasteiger partial charge in [0.25, 0.3) is 0 Å². The number of amides is 3. The molecule has 1 aliphatic heterocycles. The number of pyridine rings is 1. The van der Waals surface area contributed by atoms with Crippen LogP contribution in [0.15, 0.2) is 36.5 Å². The first-order chi connectivity index (χ1) is 16.4. The maximum atomic E-state index is 13.3. The fraction of sp³-hybridized carbons (Fsp3) is 0.462. The molecule has 1 aromatic heterocycles. The summed E-state index contributed by atoms with van der Waals surface area (Å²) in [6, 6.07) is 9.58. The van der Waals surface area contributed by atoms with Gasteiger partial charge in [0.05, 0.1) is 17.4 Å². The van der Waals surface area contributed by atoms with Crippen LogP contribution < -0.4 is 16.0 Å². The van der Waals surface area contributed by atoms with Crippen molar-refractivity contribution >= 4 is 35.1 Å². The van der Waals surface area contributed by atoms with E-state index in [0.29, 0.717) is 23.6 Å². The zero-order valence-electron chi connectivity index (χ0n) is 21.3. The number of hydrogen-bond donors (Lipinski definition) is 3. The highest BCUT2D eigenvalue weighted by molar-refractivity contribution is 6.39. The van der Waals surface area contributed by atoms with Gasteiger partial charge in [0.15, 0.2) is 0 Å². The Bertz CT molecular complexity index is 1110. The number of anilines is 3. The van der Waals surface area contributed by atoms with Gasteiger partial charge in [-0.3, -0.25) is 14.9 Å². The molecule has 0 unspecified atom stereocenters. The highest BCUT2D eigenvalue weighted by atomic mass is 16.6. The van der Waals surface area contributed by atoms with Crippen LogP contribution in [0.4, 0.5) is 22.0 Å². The van der Waals surface area contributed by atoms with Crippen molar-refractivity contribution in [2.45, 2.75) is 65.0 Å². The van der Waals surface area contributed by atoms with E-state index in [4.69, 9.17) is 4.74 Å². The van der Waals surface area contributed by atoms with Gasteiger partial charge in [-0.25, -0.2) is 9.78 Å². The monoisotopic (exact) mass is 481 g/mol. The molecule has 1 aliphatic rings. The summed E-state index contributed by atoms with van der Waals surface area (Å²) < 4.78 is 5.25. The van der Waals surface area contributed by atoms with E-state index >= 15 is 0 Å². The first-order valence-corrected chi connectivity index (χ1v) is 11.8. The molecule has 188 valence electrons. The van der Waals surface area contributed by atoms with Crippen LogP contribution in [0.3, 0.4) is 0 Å². The number of aromatic nitrogens is 1. The second-order valence-electron chi connectivity index (χ2n) is 9.99. The average molecular weight is 482 g/mol. The van der Waals surface area contributed by atoms with Crippen LogP contribution >= 0.6 is 0 Å². The molecular formula is C26H35N5O4. The summed E-state index contributed by atoms with van der Waals surface area (Å²) in [7, 11) is 1.85. The molecule has 0 aliphatic carbocycles. The minimum Gasteiger partial charge on any atom is -0.444 e. The molecule has 3 amide bonds. The number of rotatable bonds is 4. The van der Waals surface area contributed by atoms with Crippen molar-refractivity contribution in [1.82, 2.24) is 9.88 Å². The zero-order chi connectivity index (χ0) is 25.8. The Morgan fingerprint density at radius 2 is 1.83 bits per heavy atom. The molecule has 1 fully saturated rings. The lowest BCUT2D eigenvalue weighted by Crippen LogP contribution is -2.53. The molecule has 3 rings (SSSR count). The number of carbonyl (C=O) groups excluding carboxylic acids is 3. The summed E-state index contributed by atoms with van der Waals surface area (Å²) >= 11 is 0. The third-order valence-electron chi connectivity index (χ3n) is 6.06. The minimum atomic E-state index is -0.725. The van der Waals surface area contributed by atoms with Crippen LogP contribution in [-0.4, -0.2) is 47.0 Å². The van der Waals surface area contributed by atoms with Gasteiger partial charge in [-0.15, -0.1) is 0 Å². The summed E-state index contributed by atoms with van der Waals surface area (Å²) in [5, 5.41) is 8.39. The lowest BCUT2D eigenvalue weighted by molar-refractivity contribution is -0.149. The maximum Gasteiger partial charge on any atom is 0.413 e. The van der Waals surface area contributed by atoms with Crippen LogP contribution in [0.1, 0.15) is 58.1 Å². The van der Waals surface area contributed by atoms with Crippen molar-refractivity contribution in [2.75, 3.05) is 29.5 Å². The molecule has 2 aromatic rings. The van der Waals surface area contributed by atoms with E-state index in [1.54, 1.807) is 38.7 Å². The van der Waals surface area contributed by atoms with Gasteiger partial charge < -0.3 is 20.3 Å². The highest BCUT2D eigenvalue weighted by Crippen LogP contribution is 2.38. The molecule has 35 heavy (non-hydrogen) atoms. The first kappa shape index (κ1) is 26.0. The predicted molar refractivity (Wildman–Crippen MR) is 136 cm³/mol. The molecule has 9 heteroatoms. The highest BCUT2D eigenvalue weighted by Gasteiger charge is 2.41. The average Bonchev–Trinajstić information content (AvgIpc) is 2.79. The summed E-state index contributed by atoms with van der Waals surface area (Å²) in [5.74, 6) is -0.996. The van der Waals surface area contributed by atoms with Gasteiger partial charge in [-0.1, -0.05) is 12.1 Å². The Hall–Kier alpha value is -3.62. The van der Waals surface area contributed by atoms with Crippen LogP contribution in [0, 0.1) is 6.92 Å². The number of ether oxygens (including phenoxy) is 1. The Balaban J connectivity index is 1.73. The molecule has 1 aromatic carbocycles. The molecular weight excluding hydrogens is 446 g/mol. The van der Waals surface area contributed by atoms with Crippen molar-refractivity contribution < 1.29 is 19.1 Å². The van der Waals surface area contributed by atoms with E-state index in [1.807, 2.05) is 38.2 Å². The van der Waals surface area contributed by atoms with E-state index in [0.717, 1.165) is 30.5 Å². The third kappa shape index (κ3) is 6.29. The van der Waals surface area contributed by atoms with E-state index in [1.165, 1.54) is 6.20 Å². The number of carbonyl (C=O) groups is 3. The number of nitrogens with zero attached hydrogens (tertiary/aromatic N) is 2. The Morgan fingerprint density at radius 3 is 2.49 bits per heavy atom. The maximum absolute atomic E-state index is 13.3. The van der Waals surface area contributed by atoms with Crippen LogP contribution in [-0.2, 0) is 19.9 Å². The first-order valence-electron chi connectivity index (χ1n) is 11.8. The molecule has 0 radical (unpaired) electrons. The molecule has 2 heterocycles. The lowest BCUT2D eigenvalue weighted by atomic mass is 9.81. The van der Waals surface area contributed by atoms with Gasteiger partial charge in [0.2, 0.25) is 0 Å². The van der Waals surface area contributed by atoms with Gasteiger partial charge in [-0.05, 0) is 83.2 Å². The lowest BCUT2D eigenvalue weighted by Gasteiger charge is -2.45. The predicted octanol–water partition coefficient (Wildman–Crippen LogP) is 4.65. The summed E-state index contributed by atoms with van der Waals surface area (Å²) in [6.07, 6.45) is 3.36. The van der Waals surface area contributed by atoms with Gasteiger partial charge in [0.1, 0.15) is 11.4 Å². The zero-order valence-corrected chi connectivity index (χ0v) is 21.3. The van der Waals surface area contributed by atoms with Crippen molar-refractivity contribution in [3.8, 4) is 0 Å². The number of piperidine rings is 1. The molecule has 1 atom stereocenters. The SMILES string of the molecule is CNc1cccc([C@]2(C)CCCCN2C(=O)C(=O)Nc2cnc(NC(=O)OC(C)(C)C)c(C)c2)c1. The molecule has 3 N–H and O–H groups in total. The number of aryl methyl sites for hydroxylation is 1. The standard InChI is InChI=1S/C26H35N5O4/c1-17-14-20(16-28-21(17)30-24(34)35-25(2,3)4)29-22(32)23(33)31-13-8-7-12-26(31,5)18-10-9-11-19(15-18)27-6/h9-11,14-16,27H,7-8,12-13H2,1-6H3,(H,29,32)(H,28,30,34)/t26-/m0/s1. The van der Waals surface area contributed by atoms with Crippen LogP contribution in [0.25, 0.3) is 0 Å². The fourth-order valence-electron chi connectivity index (χ4n) is 4.24. The molecule has 0 saturated carbocycles. The number of nitrogens with one attached hydrogen (secondary N) is 3. The van der Waals surface area contributed by atoms with Gasteiger partial charge >= 0.3 is 17.9 Å². The summed E-state index contributed by atoms with van der Waals surface area (Å²) in [4.78, 5) is 44.1. The Kier molecular flexibility index (Phi) is 7.67. The van der Waals surface area contributed by atoms with E-state index < -0.39 is 29.0 Å². The van der Waals surface area contributed by atoms with Crippen molar-refractivity contribution in [1.29, 1.82) is 0 Å². The second-order valence-corrected chi connectivity index (χ2v) is 9.99. The summed E-state index contributed by atoms with van der Waals surface area (Å²) in [5.41, 5.74) is 1.70. The number of likely N-dealkylation sites (tertiary alicyclic amines) is 1. The topological polar surface area (TPSA) is 113 Å². The Labute approximate surface area is 206 Å². The summed E-state index contributed by atoms with van der Waals surface area (Å²) in [6.45, 7) is 9.57. The number of hydrogen-bond acceptors (Lipinski definition) is 6. The van der Waals surface area contributed by atoms with E-state index in [2.05, 4.69) is 20.9 Å². The van der Waals surface area contributed by atoms with E-state index in [9.17, 15) is 14.4 Å². The second kappa shape index (κ2) is 10.3. The van der Waals surface area contributed by atoms with E-state index in [-0.39, 0.29) is 0 Å². The van der Waals surface area contributed by atoms with Crippen molar-refractivity contribution in [3.63, 3.8) is 0 Å². The smallest absolute Gasteiger partial charge is 0.413 e. The van der Waals surface area contributed by atoms with Crippen molar-refractivity contribution in [2.24, 2.45) is 0 Å². The van der Waals surface area contributed by atoms with Crippen molar-refractivity contribution in [3.05, 3.63) is 47.7 Å². The Morgan fingerprint density at radius 1 is 1.09 bits per heavy atom. The normalized spacial score (nSPS) is 17.9. The van der Waals surface area contributed by atoms with Gasteiger partial charge in [-0.2, -0.15) is 0 Å².